The van der Waals surface area contributed by atoms with Crippen molar-refractivity contribution in [2.24, 2.45) is 5.73 Å². The van der Waals surface area contributed by atoms with Gasteiger partial charge in [0.2, 0.25) is 0 Å². The van der Waals surface area contributed by atoms with E-state index in [0.717, 1.165) is 16.7 Å². The monoisotopic (exact) mass is 513 g/mol. The highest BCUT2D eigenvalue weighted by molar-refractivity contribution is 5.90. The molecule has 0 spiro atoms. The van der Waals surface area contributed by atoms with E-state index in [1.54, 1.807) is 0 Å². The van der Waals surface area contributed by atoms with Crippen LogP contribution in [0.3, 0.4) is 0 Å². The number of aromatic amines is 1. The molecule has 1 saturated heterocycles. The maximum atomic E-state index is 11.7. The Hall–Kier alpha value is -3.82. The Labute approximate surface area is 221 Å². The van der Waals surface area contributed by atoms with Crippen LogP contribution >= 0.6 is 0 Å². The first-order valence-electron chi connectivity index (χ1n) is 12.6. The fourth-order valence-corrected chi connectivity index (χ4v) is 4.47. The quantitative estimate of drug-likeness (QED) is 0.292. The van der Waals surface area contributed by atoms with Crippen LogP contribution in [0.4, 0.5) is 0 Å². The number of aromatic nitrogens is 2. The molecule has 2 heterocycles. The number of imidazole rings is 1. The van der Waals surface area contributed by atoms with E-state index in [9.17, 15) is 4.79 Å². The zero-order valence-electron chi connectivity index (χ0n) is 20.9. The summed E-state index contributed by atoms with van der Waals surface area (Å²) in [5, 5.41) is 0. The van der Waals surface area contributed by atoms with Crippen LogP contribution in [0.5, 0.6) is 0 Å². The number of ether oxygens (including phenoxy) is 4. The predicted molar refractivity (Wildman–Crippen MR) is 141 cm³/mol. The van der Waals surface area contributed by atoms with Crippen molar-refractivity contribution in [3.63, 3.8) is 0 Å². The lowest BCUT2D eigenvalue weighted by Gasteiger charge is -2.25. The summed E-state index contributed by atoms with van der Waals surface area (Å²) in [4.78, 5) is 19.1. The SMILES string of the molecule is NC(=O)c1cnc([C@@H]2O[C@H](COCc3ccccc3)[C@@H](OCc3ccccc3)[C@H]2OCc2ccccc2)[nH]1. The van der Waals surface area contributed by atoms with Crippen LogP contribution in [0.15, 0.2) is 97.2 Å². The molecule has 196 valence electrons. The van der Waals surface area contributed by atoms with Crippen LogP contribution in [0.1, 0.15) is 39.1 Å². The number of hydrogen-bond acceptors (Lipinski definition) is 6. The molecule has 1 aliphatic heterocycles. The van der Waals surface area contributed by atoms with Crippen molar-refractivity contribution >= 4 is 5.91 Å². The van der Waals surface area contributed by atoms with Gasteiger partial charge in [-0.2, -0.15) is 0 Å². The van der Waals surface area contributed by atoms with Crippen molar-refractivity contribution in [1.29, 1.82) is 0 Å². The summed E-state index contributed by atoms with van der Waals surface area (Å²) in [5.41, 5.74) is 8.79. The molecule has 8 nitrogen and oxygen atoms in total. The van der Waals surface area contributed by atoms with Crippen LogP contribution < -0.4 is 5.73 Å². The molecule has 0 aliphatic carbocycles. The molecule has 1 aromatic heterocycles. The molecular weight excluding hydrogens is 482 g/mol. The Kier molecular flexibility index (Phi) is 8.57. The molecule has 1 amide bonds. The lowest BCUT2D eigenvalue weighted by atomic mass is 10.1. The van der Waals surface area contributed by atoms with E-state index in [4.69, 9.17) is 24.7 Å². The largest absolute Gasteiger partial charge is 0.374 e. The molecule has 0 bridgehead atoms. The molecule has 0 saturated carbocycles. The summed E-state index contributed by atoms with van der Waals surface area (Å²) < 4.78 is 25.4. The first-order chi connectivity index (χ1) is 18.7. The van der Waals surface area contributed by atoms with E-state index in [1.165, 1.54) is 6.20 Å². The summed E-state index contributed by atoms with van der Waals surface area (Å²) in [6.07, 6.45) is -0.611. The van der Waals surface area contributed by atoms with Gasteiger partial charge in [-0.25, -0.2) is 4.98 Å². The topological polar surface area (TPSA) is 109 Å². The zero-order valence-corrected chi connectivity index (χ0v) is 20.9. The van der Waals surface area contributed by atoms with Crippen molar-refractivity contribution < 1.29 is 23.7 Å². The Morgan fingerprint density at radius 3 is 1.84 bits per heavy atom. The minimum Gasteiger partial charge on any atom is -0.374 e. The minimum atomic E-state index is -0.613. The molecule has 5 rings (SSSR count). The van der Waals surface area contributed by atoms with Gasteiger partial charge in [-0.3, -0.25) is 4.79 Å². The number of rotatable bonds is 12. The number of benzene rings is 3. The first kappa shape index (κ1) is 25.8. The average Bonchev–Trinajstić information content (AvgIpc) is 3.58. The smallest absolute Gasteiger partial charge is 0.266 e. The molecule has 1 aliphatic rings. The number of carbonyl (C=O) groups excluding carboxylic acids is 1. The highest BCUT2D eigenvalue weighted by Crippen LogP contribution is 2.37. The third-order valence-electron chi connectivity index (χ3n) is 6.40. The molecule has 0 unspecified atom stereocenters. The van der Waals surface area contributed by atoms with Gasteiger partial charge in [0.05, 0.1) is 32.6 Å². The van der Waals surface area contributed by atoms with E-state index in [2.05, 4.69) is 9.97 Å². The van der Waals surface area contributed by atoms with Gasteiger partial charge in [-0.05, 0) is 16.7 Å². The van der Waals surface area contributed by atoms with E-state index in [1.807, 2.05) is 91.0 Å². The van der Waals surface area contributed by atoms with Crippen LogP contribution in [0.25, 0.3) is 0 Å². The summed E-state index contributed by atoms with van der Waals surface area (Å²) in [6.45, 7) is 1.47. The maximum absolute atomic E-state index is 11.7. The van der Waals surface area contributed by atoms with Crippen LogP contribution in [0, 0.1) is 0 Å². The lowest BCUT2D eigenvalue weighted by Crippen LogP contribution is -2.38. The van der Waals surface area contributed by atoms with E-state index in [-0.39, 0.29) is 5.69 Å². The lowest BCUT2D eigenvalue weighted by molar-refractivity contribution is -0.0899. The van der Waals surface area contributed by atoms with Gasteiger partial charge in [0, 0.05) is 0 Å². The van der Waals surface area contributed by atoms with Crippen LogP contribution in [-0.4, -0.2) is 40.8 Å². The second-order valence-electron chi connectivity index (χ2n) is 9.16. The number of H-pyrrole nitrogens is 1. The second kappa shape index (κ2) is 12.6. The number of nitrogens with zero attached hydrogens (tertiary/aromatic N) is 1. The summed E-state index contributed by atoms with van der Waals surface area (Å²) in [5.74, 6) is -0.140. The van der Waals surface area contributed by atoms with Gasteiger partial charge in [-0.15, -0.1) is 0 Å². The van der Waals surface area contributed by atoms with Gasteiger partial charge in [-0.1, -0.05) is 91.0 Å². The van der Waals surface area contributed by atoms with Gasteiger partial charge in [0.15, 0.2) is 0 Å². The average molecular weight is 514 g/mol. The fraction of sp³-hybridized carbons (Fsp3) is 0.267. The summed E-state index contributed by atoms with van der Waals surface area (Å²) in [7, 11) is 0. The van der Waals surface area contributed by atoms with E-state index >= 15 is 0 Å². The first-order valence-corrected chi connectivity index (χ1v) is 12.6. The van der Waals surface area contributed by atoms with Crippen molar-refractivity contribution in [1.82, 2.24) is 9.97 Å². The molecule has 38 heavy (non-hydrogen) atoms. The minimum absolute atomic E-state index is 0.205. The van der Waals surface area contributed by atoms with E-state index < -0.39 is 30.3 Å². The maximum Gasteiger partial charge on any atom is 0.266 e. The van der Waals surface area contributed by atoms with Crippen LogP contribution in [-0.2, 0) is 38.8 Å². The Bertz CT molecular complexity index is 1280. The molecule has 4 atom stereocenters. The zero-order chi connectivity index (χ0) is 26.2. The number of carbonyl (C=O) groups is 1. The number of primary amides is 1. The van der Waals surface area contributed by atoms with Gasteiger partial charge in [0.1, 0.15) is 35.9 Å². The molecule has 0 radical (unpaired) electrons. The van der Waals surface area contributed by atoms with Gasteiger partial charge < -0.3 is 29.7 Å². The van der Waals surface area contributed by atoms with E-state index in [0.29, 0.717) is 32.3 Å². The Morgan fingerprint density at radius 2 is 1.32 bits per heavy atom. The Morgan fingerprint density at radius 1 is 0.789 bits per heavy atom. The molecule has 4 aromatic rings. The summed E-state index contributed by atoms with van der Waals surface area (Å²) >= 11 is 0. The van der Waals surface area contributed by atoms with Crippen molar-refractivity contribution in [2.75, 3.05) is 6.61 Å². The number of amides is 1. The fourth-order valence-electron chi connectivity index (χ4n) is 4.47. The molecular formula is C30H31N3O5. The highest BCUT2D eigenvalue weighted by atomic mass is 16.6. The third-order valence-corrected chi connectivity index (χ3v) is 6.40. The van der Waals surface area contributed by atoms with Crippen molar-refractivity contribution in [3.05, 3.63) is 125 Å². The van der Waals surface area contributed by atoms with Crippen LogP contribution in [0.2, 0.25) is 0 Å². The predicted octanol–water partition coefficient (Wildman–Crippen LogP) is 4.34. The molecule has 3 N–H and O–H groups in total. The molecule has 1 fully saturated rings. The number of nitrogens with one attached hydrogen (secondary N) is 1. The van der Waals surface area contributed by atoms with Gasteiger partial charge in [0.25, 0.3) is 5.91 Å². The van der Waals surface area contributed by atoms with Gasteiger partial charge >= 0.3 is 0 Å². The highest BCUT2D eigenvalue weighted by Gasteiger charge is 2.48. The van der Waals surface area contributed by atoms with Crippen molar-refractivity contribution in [2.45, 2.75) is 44.2 Å². The Balaban J connectivity index is 1.38. The number of nitrogens with two attached hydrogens (primary N) is 1. The summed E-state index contributed by atoms with van der Waals surface area (Å²) in [6, 6.07) is 29.8. The number of hydrogen-bond donors (Lipinski definition) is 2. The molecule has 8 heteroatoms. The normalized spacial score (nSPS) is 20.9. The second-order valence-corrected chi connectivity index (χ2v) is 9.16. The van der Waals surface area contributed by atoms with Crippen molar-refractivity contribution in [3.8, 4) is 0 Å². The molecule has 3 aromatic carbocycles. The standard InChI is InChI=1S/C30H31N3O5/c31-29(34)24-16-32-30(33-24)28-27(37-19-23-14-8-3-9-15-23)26(36-18-22-12-6-2-7-13-22)25(38-28)20-35-17-21-10-4-1-5-11-21/h1-16,25-28H,17-20H2,(H2,31,34)(H,32,33)/t25-,26-,27-,28-/m1/s1. The third kappa shape index (κ3) is 6.54.